The van der Waals surface area contributed by atoms with Gasteiger partial charge in [-0.25, -0.2) is 0 Å². The second-order valence-electron chi connectivity index (χ2n) is 6.13. The third-order valence-electron chi connectivity index (χ3n) is 3.65. The summed E-state index contributed by atoms with van der Waals surface area (Å²) < 4.78 is 11.0. The molecule has 2 aromatic carbocycles. The molecule has 1 amide bonds. The number of aryl methyl sites for hydroxylation is 1. The zero-order chi connectivity index (χ0) is 18.1. The molecule has 0 aliphatic rings. The average molecular weight is 341 g/mol. The van der Waals surface area contributed by atoms with E-state index in [0.717, 1.165) is 24.3 Å². The molecule has 25 heavy (non-hydrogen) atoms. The summed E-state index contributed by atoms with van der Waals surface area (Å²) in [6.07, 6.45) is 1.95. The number of hydrogen-bond acceptors (Lipinski definition) is 3. The minimum atomic E-state index is -0.0530. The predicted octanol–water partition coefficient (Wildman–Crippen LogP) is 4.24. The van der Waals surface area contributed by atoms with Gasteiger partial charge in [0, 0.05) is 12.1 Å². The van der Waals surface area contributed by atoms with Crippen molar-refractivity contribution in [3.8, 4) is 11.5 Å². The number of carbonyl (C=O) groups excluding carboxylic acids is 1. The third-order valence-corrected chi connectivity index (χ3v) is 3.65. The van der Waals surface area contributed by atoms with Gasteiger partial charge in [-0.2, -0.15) is 0 Å². The van der Waals surface area contributed by atoms with Crippen molar-refractivity contribution in [2.45, 2.75) is 39.7 Å². The number of amides is 1. The molecule has 0 atom stereocenters. The predicted molar refractivity (Wildman–Crippen MR) is 100 cm³/mol. The normalized spacial score (nSPS) is 10.6. The summed E-state index contributed by atoms with van der Waals surface area (Å²) in [5.74, 6) is 1.62. The number of rotatable bonds is 9. The Balaban J connectivity index is 1.72. The van der Waals surface area contributed by atoms with Crippen LogP contribution in [0.3, 0.4) is 0 Å². The van der Waals surface area contributed by atoms with E-state index in [0.29, 0.717) is 18.7 Å². The Bertz CT molecular complexity index is 648. The molecule has 4 nitrogen and oxygen atoms in total. The second kappa shape index (κ2) is 9.72. The molecule has 0 aliphatic carbocycles. The molecule has 0 radical (unpaired) electrons. The average Bonchev–Trinajstić information content (AvgIpc) is 2.60. The first kappa shape index (κ1) is 18.8. The van der Waals surface area contributed by atoms with Gasteiger partial charge in [-0.3, -0.25) is 4.79 Å². The molecule has 0 heterocycles. The Kier molecular flexibility index (Phi) is 7.33. The molecule has 2 aromatic rings. The molecule has 134 valence electrons. The maximum Gasteiger partial charge on any atom is 0.251 e. The highest BCUT2D eigenvalue weighted by Crippen LogP contribution is 2.14. The molecule has 0 saturated carbocycles. The minimum absolute atomic E-state index is 0.0530. The van der Waals surface area contributed by atoms with Crippen LogP contribution < -0.4 is 14.8 Å². The van der Waals surface area contributed by atoms with Crippen LogP contribution in [0.4, 0.5) is 0 Å². The Morgan fingerprint density at radius 3 is 2.24 bits per heavy atom. The van der Waals surface area contributed by atoms with Crippen molar-refractivity contribution in [1.29, 1.82) is 0 Å². The van der Waals surface area contributed by atoms with Crippen molar-refractivity contribution in [1.82, 2.24) is 5.32 Å². The number of carbonyl (C=O) groups is 1. The fraction of sp³-hybridized carbons (Fsp3) is 0.381. The quantitative estimate of drug-likeness (QED) is 0.694. The van der Waals surface area contributed by atoms with Crippen molar-refractivity contribution in [3.05, 3.63) is 59.7 Å². The third kappa shape index (κ3) is 6.49. The topological polar surface area (TPSA) is 47.6 Å². The van der Waals surface area contributed by atoms with E-state index in [1.165, 1.54) is 5.56 Å². The lowest BCUT2D eigenvalue weighted by Gasteiger charge is -2.10. The molecule has 2 rings (SSSR count). The van der Waals surface area contributed by atoms with Gasteiger partial charge in [0.25, 0.3) is 5.91 Å². The molecule has 0 aromatic heterocycles. The van der Waals surface area contributed by atoms with E-state index < -0.39 is 0 Å². The van der Waals surface area contributed by atoms with Crippen molar-refractivity contribution in [3.63, 3.8) is 0 Å². The van der Waals surface area contributed by atoms with Gasteiger partial charge in [-0.05, 0) is 75.6 Å². The van der Waals surface area contributed by atoms with Gasteiger partial charge in [-0.1, -0.05) is 12.1 Å². The van der Waals surface area contributed by atoms with E-state index in [9.17, 15) is 4.79 Å². The lowest BCUT2D eigenvalue weighted by atomic mass is 10.1. The SMILES string of the molecule is CCOc1ccc(CCCNC(=O)c2ccc(OC(C)C)cc2)cc1. The molecule has 0 bridgehead atoms. The van der Waals surface area contributed by atoms with Crippen LogP contribution in [0.1, 0.15) is 43.1 Å². The summed E-state index contributed by atoms with van der Waals surface area (Å²) in [5.41, 5.74) is 1.89. The van der Waals surface area contributed by atoms with Gasteiger partial charge in [0.05, 0.1) is 12.7 Å². The molecule has 1 N–H and O–H groups in total. The summed E-state index contributed by atoms with van der Waals surface area (Å²) in [5, 5.41) is 2.96. The highest BCUT2D eigenvalue weighted by molar-refractivity contribution is 5.94. The Morgan fingerprint density at radius 2 is 1.64 bits per heavy atom. The van der Waals surface area contributed by atoms with Crippen LogP contribution in [-0.4, -0.2) is 25.2 Å². The highest BCUT2D eigenvalue weighted by atomic mass is 16.5. The molecule has 4 heteroatoms. The van der Waals surface area contributed by atoms with Crippen molar-refractivity contribution < 1.29 is 14.3 Å². The van der Waals surface area contributed by atoms with E-state index in [-0.39, 0.29) is 12.0 Å². The van der Waals surface area contributed by atoms with Crippen LogP contribution in [0.15, 0.2) is 48.5 Å². The van der Waals surface area contributed by atoms with Crippen LogP contribution in [0.25, 0.3) is 0 Å². The van der Waals surface area contributed by atoms with Crippen molar-refractivity contribution >= 4 is 5.91 Å². The van der Waals surface area contributed by atoms with Gasteiger partial charge >= 0.3 is 0 Å². The minimum Gasteiger partial charge on any atom is -0.494 e. The molecular formula is C21H27NO3. The molecule has 0 spiro atoms. The van der Waals surface area contributed by atoms with E-state index in [4.69, 9.17) is 9.47 Å². The largest absolute Gasteiger partial charge is 0.494 e. The molecular weight excluding hydrogens is 314 g/mol. The van der Waals surface area contributed by atoms with Crippen LogP contribution in [-0.2, 0) is 6.42 Å². The number of benzene rings is 2. The fourth-order valence-electron chi connectivity index (χ4n) is 2.47. The Hall–Kier alpha value is -2.49. The maximum atomic E-state index is 12.1. The first-order valence-electron chi connectivity index (χ1n) is 8.85. The van der Waals surface area contributed by atoms with Gasteiger partial charge in [0.1, 0.15) is 11.5 Å². The monoisotopic (exact) mass is 341 g/mol. The molecule has 0 fully saturated rings. The van der Waals surface area contributed by atoms with E-state index in [1.807, 2.05) is 45.0 Å². The van der Waals surface area contributed by atoms with Crippen molar-refractivity contribution in [2.24, 2.45) is 0 Å². The van der Waals surface area contributed by atoms with Crippen LogP contribution >= 0.6 is 0 Å². The van der Waals surface area contributed by atoms with E-state index in [1.54, 1.807) is 12.1 Å². The molecule has 0 aliphatic heterocycles. The highest BCUT2D eigenvalue weighted by Gasteiger charge is 2.05. The van der Waals surface area contributed by atoms with Crippen LogP contribution in [0, 0.1) is 0 Å². The summed E-state index contributed by atoms with van der Waals surface area (Å²) in [6.45, 7) is 7.25. The first-order valence-corrected chi connectivity index (χ1v) is 8.85. The van der Waals surface area contributed by atoms with Gasteiger partial charge < -0.3 is 14.8 Å². The van der Waals surface area contributed by atoms with Crippen molar-refractivity contribution in [2.75, 3.05) is 13.2 Å². The van der Waals surface area contributed by atoms with Gasteiger partial charge in [0.15, 0.2) is 0 Å². The number of ether oxygens (including phenoxy) is 2. The van der Waals surface area contributed by atoms with E-state index in [2.05, 4.69) is 17.4 Å². The summed E-state index contributed by atoms with van der Waals surface area (Å²) in [4.78, 5) is 12.1. The molecule has 0 unspecified atom stereocenters. The van der Waals surface area contributed by atoms with Crippen LogP contribution in [0.2, 0.25) is 0 Å². The molecule has 0 saturated heterocycles. The Labute approximate surface area is 150 Å². The second-order valence-corrected chi connectivity index (χ2v) is 6.13. The van der Waals surface area contributed by atoms with Crippen LogP contribution in [0.5, 0.6) is 11.5 Å². The van der Waals surface area contributed by atoms with E-state index >= 15 is 0 Å². The zero-order valence-electron chi connectivity index (χ0n) is 15.2. The maximum absolute atomic E-state index is 12.1. The smallest absolute Gasteiger partial charge is 0.251 e. The Morgan fingerprint density at radius 1 is 1.00 bits per heavy atom. The first-order chi connectivity index (χ1) is 12.1. The number of hydrogen-bond donors (Lipinski definition) is 1. The zero-order valence-corrected chi connectivity index (χ0v) is 15.2. The lowest BCUT2D eigenvalue weighted by Crippen LogP contribution is -2.24. The summed E-state index contributed by atoms with van der Waals surface area (Å²) in [7, 11) is 0. The lowest BCUT2D eigenvalue weighted by molar-refractivity contribution is 0.0953. The fourth-order valence-corrected chi connectivity index (χ4v) is 2.47. The summed E-state index contributed by atoms with van der Waals surface area (Å²) in [6, 6.07) is 15.3. The van der Waals surface area contributed by atoms with Gasteiger partial charge in [0.2, 0.25) is 0 Å². The van der Waals surface area contributed by atoms with Gasteiger partial charge in [-0.15, -0.1) is 0 Å². The summed E-state index contributed by atoms with van der Waals surface area (Å²) >= 11 is 0. The number of nitrogens with one attached hydrogen (secondary N) is 1. The standard InChI is InChI=1S/C21H27NO3/c1-4-24-19-11-7-17(8-12-19)6-5-15-22-21(23)18-9-13-20(14-10-18)25-16(2)3/h7-14,16H,4-6,15H2,1-3H3,(H,22,23).